The van der Waals surface area contributed by atoms with Crippen molar-refractivity contribution in [3.63, 3.8) is 0 Å². The third-order valence-electron chi connectivity index (χ3n) is 4.30. The molecule has 1 amide bonds. The molecule has 7 heteroatoms. The molecule has 1 heterocycles. The van der Waals surface area contributed by atoms with E-state index < -0.39 is 11.9 Å². The fourth-order valence-corrected chi connectivity index (χ4v) is 3.16. The minimum absolute atomic E-state index is 0.0593. The summed E-state index contributed by atoms with van der Waals surface area (Å²) in [6.45, 7) is 2.03. The number of carbonyl (C=O) groups is 2. The summed E-state index contributed by atoms with van der Waals surface area (Å²) in [7, 11) is 0. The van der Waals surface area contributed by atoms with Gasteiger partial charge in [-0.1, -0.05) is 48.0 Å². The molecule has 0 fully saturated rings. The number of hydrogen-bond donors (Lipinski definition) is 1. The largest absolute Gasteiger partial charge is 0.466 e. The number of nitrogens with zero attached hydrogens (tertiary/aromatic N) is 1. The smallest absolute Gasteiger partial charge is 0.307 e. The zero-order valence-corrected chi connectivity index (χ0v) is 16.7. The molecular weight excluding hydrogens is 392 g/mol. The average Bonchev–Trinajstić information content (AvgIpc) is 3.24. The molecule has 0 saturated carbocycles. The van der Waals surface area contributed by atoms with Gasteiger partial charge in [0.25, 0.3) is 5.91 Å². The Morgan fingerprint density at radius 2 is 1.97 bits per heavy atom. The van der Waals surface area contributed by atoms with Gasteiger partial charge >= 0.3 is 5.97 Å². The van der Waals surface area contributed by atoms with Gasteiger partial charge < -0.3 is 14.5 Å². The van der Waals surface area contributed by atoms with Gasteiger partial charge in [0, 0.05) is 11.1 Å². The third-order valence-corrected chi connectivity index (χ3v) is 4.54. The number of rotatable bonds is 8. The lowest BCUT2D eigenvalue weighted by atomic mass is 9.99. The summed E-state index contributed by atoms with van der Waals surface area (Å²) >= 11 is 6.06. The Labute approximate surface area is 173 Å². The van der Waals surface area contributed by atoms with Crippen molar-refractivity contribution in [2.24, 2.45) is 0 Å². The molecule has 6 nitrogen and oxygen atoms in total. The molecular formula is C22H21ClN2O4. The van der Waals surface area contributed by atoms with E-state index in [1.165, 1.54) is 12.6 Å². The molecule has 1 aromatic heterocycles. The number of carbonyl (C=O) groups excluding carboxylic acids is 2. The Balaban J connectivity index is 1.72. The minimum Gasteiger partial charge on any atom is -0.466 e. The summed E-state index contributed by atoms with van der Waals surface area (Å²) in [6.07, 6.45) is 3.04. The van der Waals surface area contributed by atoms with Crippen LogP contribution in [0.15, 0.2) is 65.5 Å². The third kappa shape index (κ3) is 5.93. The van der Waals surface area contributed by atoms with Crippen molar-refractivity contribution >= 4 is 23.5 Å². The summed E-state index contributed by atoms with van der Waals surface area (Å²) in [4.78, 5) is 28.0. The SMILES string of the molecule is CCOC(=O)C[C@@H](Cc1ccc(-c2cccc(Cl)c2)cc1)NC(=O)c1cnco1. The fraction of sp³-hybridized carbons (Fsp3) is 0.227. The van der Waals surface area contributed by atoms with E-state index >= 15 is 0 Å². The number of benzene rings is 2. The van der Waals surface area contributed by atoms with Crippen molar-refractivity contribution in [2.75, 3.05) is 6.61 Å². The highest BCUT2D eigenvalue weighted by Crippen LogP contribution is 2.23. The van der Waals surface area contributed by atoms with E-state index in [9.17, 15) is 9.59 Å². The van der Waals surface area contributed by atoms with Gasteiger partial charge in [0.05, 0.1) is 19.2 Å². The minimum atomic E-state index is -0.441. The lowest BCUT2D eigenvalue weighted by molar-refractivity contribution is -0.143. The molecule has 0 aliphatic rings. The van der Waals surface area contributed by atoms with Crippen LogP contribution in [0.25, 0.3) is 11.1 Å². The maximum absolute atomic E-state index is 12.3. The van der Waals surface area contributed by atoms with Crippen molar-refractivity contribution in [2.45, 2.75) is 25.8 Å². The first-order valence-corrected chi connectivity index (χ1v) is 9.63. The van der Waals surface area contributed by atoms with Gasteiger partial charge in [0.15, 0.2) is 6.39 Å². The summed E-state index contributed by atoms with van der Waals surface area (Å²) in [5.41, 5.74) is 3.03. The monoisotopic (exact) mass is 412 g/mol. The molecule has 150 valence electrons. The number of ether oxygens (including phenoxy) is 1. The second-order valence-electron chi connectivity index (χ2n) is 6.46. The van der Waals surface area contributed by atoms with Crippen molar-refractivity contribution in [1.82, 2.24) is 10.3 Å². The zero-order chi connectivity index (χ0) is 20.6. The molecule has 2 aromatic carbocycles. The Morgan fingerprint density at radius 3 is 2.62 bits per heavy atom. The van der Waals surface area contributed by atoms with Crippen molar-refractivity contribution in [3.05, 3.63) is 77.5 Å². The van der Waals surface area contributed by atoms with Crippen LogP contribution in [-0.2, 0) is 16.0 Å². The van der Waals surface area contributed by atoms with Crippen LogP contribution in [0.2, 0.25) is 5.02 Å². The molecule has 0 aliphatic carbocycles. The number of aromatic nitrogens is 1. The molecule has 1 atom stereocenters. The van der Waals surface area contributed by atoms with Crippen LogP contribution in [0, 0.1) is 0 Å². The van der Waals surface area contributed by atoms with Gasteiger partial charge in [-0.3, -0.25) is 9.59 Å². The van der Waals surface area contributed by atoms with Crippen molar-refractivity contribution in [1.29, 1.82) is 0 Å². The van der Waals surface area contributed by atoms with Gasteiger partial charge in [-0.15, -0.1) is 0 Å². The van der Waals surface area contributed by atoms with E-state index in [1.54, 1.807) is 6.92 Å². The molecule has 29 heavy (non-hydrogen) atoms. The van der Waals surface area contributed by atoms with Crippen LogP contribution in [0.3, 0.4) is 0 Å². The Morgan fingerprint density at radius 1 is 1.17 bits per heavy atom. The van der Waals surface area contributed by atoms with Gasteiger partial charge in [-0.25, -0.2) is 4.98 Å². The topological polar surface area (TPSA) is 81.4 Å². The van der Waals surface area contributed by atoms with E-state index in [2.05, 4.69) is 10.3 Å². The number of esters is 1. The van der Waals surface area contributed by atoms with E-state index in [1.807, 2.05) is 48.5 Å². The average molecular weight is 413 g/mol. The lowest BCUT2D eigenvalue weighted by Gasteiger charge is -2.18. The Kier molecular flexibility index (Phi) is 7.03. The highest BCUT2D eigenvalue weighted by atomic mass is 35.5. The van der Waals surface area contributed by atoms with E-state index in [4.69, 9.17) is 20.8 Å². The number of oxazole rings is 1. The van der Waals surface area contributed by atoms with Gasteiger partial charge in [0.1, 0.15) is 0 Å². The molecule has 0 spiro atoms. The van der Waals surface area contributed by atoms with E-state index in [0.29, 0.717) is 11.4 Å². The van der Waals surface area contributed by atoms with Gasteiger partial charge in [-0.2, -0.15) is 0 Å². The summed E-state index contributed by atoms with van der Waals surface area (Å²) in [6, 6.07) is 15.1. The predicted molar refractivity (Wildman–Crippen MR) is 110 cm³/mol. The molecule has 1 N–H and O–H groups in total. The highest BCUT2D eigenvalue weighted by molar-refractivity contribution is 6.30. The maximum atomic E-state index is 12.3. The van der Waals surface area contributed by atoms with Crippen LogP contribution >= 0.6 is 11.6 Å². The van der Waals surface area contributed by atoms with Crippen molar-refractivity contribution in [3.8, 4) is 11.1 Å². The molecule has 0 saturated heterocycles. The fourth-order valence-electron chi connectivity index (χ4n) is 2.97. The van der Waals surface area contributed by atoms with E-state index in [0.717, 1.165) is 16.7 Å². The molecule has 0 aliphatic heterocycles. The summed E-state index contributed by atoms with van der Waals surface area (Å²) in [5.74, 6) is -0.701. The lowest BCUT2D eigenvalue weighted by Crippen LogP contribution is -2.38. The van der Waals surface area contributed by atoms with Crippen LogP contribution < -0.4 is 5.32 Å². The Bertz CT molecular complexity index is 955. The van der Waals surface area contributed by atoms with Gasteiger partial charge in [-0.05, 0) is 42.2 Å². The number of hydrogen-bond acceptors (Lipinski definition) is 5. The number of amides is 1. The molecule has 0 unspecified atom stereocenters. The normalized spacial score (nSPS) is 11.7. The first-order valence-electron chi connectivity index (χ1n) is 9.25. The predicted octanol–water partition coefficient (Wildman–Crippen LogP) is 4.29. The van der Waals surface area contributed by atoms with Crippen LogP contribution in [-0.4, -0.2) is 29.5 Å². The second-order valence-corrected chi connectivity index (χ2v) is 6.89. The first kappa shape index (κ1) is 20.6. The molecule has 0 radical (unpaired) electrons. The number of halogens is 1. The molecule has 0 bridgehead atoms. The molecule has 3 aromatic rings. The highest BCUT2D eigenvalue weighted by Gasteiger charge is 2.20. The Hall–Kier alpha value is -3.12. The zero-order valence-electron chi connectivity index (χ0n) is 15.9. The van der Waals surface area contributed by atoms with Crippen LogP contribution in [0.1, 0.15) is 29.5 Å². The number of nitrogens with one attached hydrogen (secondary N) is 1. The summed E-state index contributed by atoms with van der Waals surface area (Å²) < 4.78 is 10.1. The standard InChI is InChI=1S/C22H21ClN2O4/c1-2-28-21(26)12-19(25-22(27)20-13-24-14-29-20)10-15-6-8-16(9-7-15)17-4-3-5-18(23)11-17/h3-9,11,13-14,19H,2,10,12H2,1H3,(H,25,27)/t19-/m1/s1. The first-order chi connectivity index (χ1) is 14.0. The van der Waals surface area contributed by atoms with Crippen molar-refractivity contribution < 1.29 is 18.7 Å². The quantitative estimate of drug-likeness (QED) is 0.558. The molecule has 3 rings (SSSR count). The van der Waals surface area contributed by atoms with Crippen LogP contribution in [0.4, 0.5) is 0 Å². The summed E-state index contributed by atoms with van der Waals surface area (Å²) in [5, 5.41) is 3.50. The van der Waals surface area contributed by atoms with E-state index in [-0.39, 0.29) is 24.8 Å². The maximum Gasteiger partial charge on any atom is 0.307 e. The van der Waals surface area contributed by atoms with Crippen LogP contribution in [0.5, 0.6) is 0 Å². The van der Waals surface area contributed by atoms with Gasteiger partial charge in [0.2, 0.25) is 5.76 Å². The second kappa shape index (κ2) is 9.89.